The van der Waals surface area contributed by atoms with Crippen molar-refractivity contribution in [1.29, 1.82) is 0 Å². The Kier molecular flexibility index (Phi) is 6.31. The van der Waals surface area contributed by atoms with Crippen molar-refractivity contribution in [2.75, 3.05) is 13.1 Å². The largest absolute Gasteiger partial charge is 0.347 e. The van der Waals surface area contributed by atoms with E-state index in [0.717, 1.165) is 35.6 Å². The molecule has 1 saturated heterocycles. The molecule has 1 unspecified atom stereocenters. The smallest absolute Gasteiger partial charge is 0.251 e. The van der Waals surface area contributed by atoms with Crippen LogP contribution in [-0.2, 0) is 16.6 Å². The van der Waals surface area contributed by atoms with Crippen LogP contribution in [0.5, 0.6) is 0 Å². The van der Waals surface area contributed by atoms with E-state index in [1.165, 1.54) is 0 Å². The quantitative estimate of drug-likeness (QED) is 0.678. The minimum absolute atomic E-state index is 0.0797. The first-order valence-electron chi connectivity index (χ1n) is 8.29. The number of rotatable bonds is 6. The average Bonchev–Trinajstić information content (AvgIpc) is 3.11. The van der Waals surface area contributed by atoms with Gasteiger partial charge in [0.05, 0.1) is 6.54 Å². The van der Waals surface area contributed by atoms with Gasteiger partial charge in [-0.15, -0.1) is 11.3 Å². The first-order valence-corrected chi connectivity index (χ1v) is 11.0. The molecule has 2 heterocycles. The second-order valence-electron chi connectivity index (χ2n) is 6.07. The molecule has 1 atom stereocenters. The molecule has 1 aromatic heterocycles. The predicted octanol–water partition coefficient (Wildman–Crippen LogP) is 2.36. The molecular weight excluding hydrogens is 394 g/mol. The van der Waals surface area contributed by atoms with Crippen LogP contribution in [0.4, 0.5) is 0 Å². The summed E-state index contributed by atoms with van der Waals surface area (Å²) >= 11 is 6.97. The number of hydrogen-bond acceptors (Lipinski definition) is 5. The standard InChI is InChI=1S/C17H20ClN3O3S2/c18-13-5-3-12(4-6-13)17(22)20-11-15-7-8-16(25-15)26(23,24)21-14-2-1-9-19-10-14/h3-8,14,19,21H,1-2,9-11H2,(H,20,22). The summed E-state index contributed by atoms with van der Waals surface area (Å²) < 4.78 is 28.0. The molecule has 1 aliphatic heterocycles. The zero-order chi connectivity index (χ0) is 18.6. The van der Waals surface area contributed by atoms with Crippen molar-refractivity contribution < 1.29 is 13.2 Å². The van der Waals surface area contributed by atoms with Gasteiger partial charge in [0.25, 0.3) is 5.91 Å². The van der Waals surface area contributed by atoms with Crippen LogP contribution in [0.1, 0.15) is 28.1 Å². The van der Waals surface area contributed by atoms with E-state index in [4.69, 9.17) is 11.6 Å². The van der Waals surface area contributed by atoms with E-state index in [9.17, 15) is 13.2 Å². The molecule has 2 aromatic rings. The molecule has 3 rings (SSSR count). The van der Waals surface area contributed by atoms with Crippen LogP contribution in [0.3, 0.4) is 0 Å². The van der Waals surface area contributed by atoms with Gasteiger partial charge in [0, 0.05) is 28.0 Å². The van der Waals surface area contributed by atoms with Crippen LogP contribution in [0, 0.1) is 0 Å². The topological polar surface area (TPSA) is 87.3 Å². The third-order valence-electron chi connectivity index (χ3n) is 4.05. The number of carbonyl (C=O) groups excluding carboxylic acids is 1. The highest BCUT2D eigenvalue weighted by Crippen LogP contribution is 2.22. The van der Waals surface area contributed by atoms with Gasteiger partial charge >= 0.3 is 0 Å². The molecule has 3 N–H and O–H groups in total. The minimum atomic E-state index is -3.53. The number of halogens is 1. The molecule has 1 aliphatic rings. The molecule has 1 aromatic carbocycles. The molecule has 140 valence electrons. The molecule has 6 nitrogen and oxygen atoms in total. The van der Waals surface area contributed by atoms with Crippen molar-refractivity contribution in [2.45, 2.75) is 29.6 Å². The summed E-state index contributed by atoms with van der Waals surface area (Å²) in [5, 5.41) is 6.54. The normalized spacial score (nSPS) is 17.8. The zero-order valence-corrected chi connectivity index (χ0v) is 16.4. The number of nitrogens with one attached hydrogen (secondary N) is 3. The van der Waals surface area contributed by atoms with Crippen molar-refractivity contribution in [3.05, 3.63) is 51.9 Å². The van der Waals surface area contributed by atoms with Gasteiger partial charge in [-0.3, -0.25) is 4.79 Å². The molecular formula is C17H20ClN3O3S2. The fourth-order valence-electron chi connectivity index (χ4n) is 2.70. The lowest BCUT2D eigenvalue weighted by Crippen LogP contribution is -2.45. The SMILES string of the molecule is O=C(NCc1ccc(S(=O)(=O)NC2CCCNC2)s1)c1ccc(Cl)cc1. The van der Waals surface area contributed by atoms with Crippen molar-refractivity contribution in [1.82, 2.24) is 15.4 Å². The number of piperidine rings is 1. The lowest BCUT2D eigenvalue weighted by molar-refractivity contribution is 0.0951. The summed E-state index contributed by atoms with van der Waals surface area (Å²) in [6.07, 6.45) is 1.79. The summed E-state index contributed by atoms with van der Waals surface area (Å²) in [6.45, 7) is 1.84. The molecule has 0 radical (unpaired) electrons. The maximum Gasteiger partial charge on any atom is 0.251 e. The maximum absolute atomic E-state index is 12.5. The molecule has 0 aliphatic carbocycles. The molecule has 1 amide bonds. The first-order chi connectivity index (χ1) is 12.4. The highest BCUT2D eigenvalue weighted by molar-refractivity contribution is 7.91. The lowest BCUT2D eigenvalue weighted by atomic mass is 10.1. The summed E-state index contributed by atoms with van der Waals surface area (Å²) in [4.78, 5) is 12.9. The van der Waals surface area contributed by atoms with E-state index in [1.807, 2.05) is 0 Å². The predicted molar refractivity (Wildman–Crippen MR) is 103 cm³/mol. The van der Waals surface area contributed by atoms with Gasteiger partial charge in [-0.1, -0.05) is 11.6 Å². The van der Waals surface area contributed by atoms with E-state index in [1.54, 1.807) is 36.4 Å². The van der Waals surface area contributed by atoms with Crippen LogP contribution >= 0.6 is 22.9 Å². The highest BCUT2D eigenvalue weighted by Gasteiger charge is 2.23. The Labute approximate surface area is 162 Å². The number of hydrogen-bond donors (Lipinski definition) is 3. The molecule has 0 saturated carbocycles. The Morgan fingerprint density at radius 1 is 1.23 bits per heavy atom. The highest BCUT2D eigenvalue weighted by atomic mass is 35.5. The van der Waals surface area contributed by atoms with Gasteiger partial charge in [0.2, 0.25) is 10.0 Å². The van der Waals surface area contributed by atoms with Crippen molar-refractivity contribution in [3.63, 3.8) is 0 Å². The number of thiophene rings is 1. The first kappa shape index (κ1) is 19.3. The second kappa shape index (κ2) is 8.49. The molecule has 0 spiro atoms. The van der Waals surface area contributed by atoms with Gasteiger partial charge in [-0.2, -0.15) is 0 Å². The molecule has 9 heteroatoms. The fraction of sp³-hybridized carbons (Fsp3) is 0.353. The monoisotopic (exact) mass is 413 g/mol. The van der Waals surface area contributed by atoms with Gasteiger partial charge < -0.3 is 10.6 Å². The third-order valence-corrected chi connectivity index (χ3v) is 7.40. The van der Waals surface area contributed by atoms with Gasteiger partial charge in [0.15, 0.2) is 0 Å². The van der Waals surface area contributed by atoms with Crippen LogP contribution < -0.4 is 15.4 Å². The van der Waals surface area contributed by atoms with Gasteiger partial charge in [0.1, 0.15) is 4.21 Å². The maximum atomic E-state index is 12.5. The second-order valence-corrected chi connectivity index (χ2v) is 9.62. The zero-order valence-electron chi connectivity index (χ0n) is 14.0. The Hall–Kier alpha value is -1.45. The van der Waals surface area contributed by atoms with Crippen LogP contribution in [-0.4, -0.2) is 33.5 Å². The van der Waals surface area contributed by atoms with Crippen LogP contribution in [0.2, 0.25) is 5.02 Å². The number of sulfonamides is 1. The van der Waals surface area contributed by atoms with E-state index >= 15 is 0 Å². The van der Waals surface area contributed by atoms with Crippen molar-refractivity contribution >= 4 is 38.9 Å². The lowest BCUT2D eigenvalue weighted by Gasteiger charge is -2.23. The molecule has 1 fully saturated rings. The number of benzene rings is 1. The van der Waals surface area contributed by atoms with Crippen LogP contribution in [0.25, 0.3) is 0 Å². The van der Waals surface area contributed by atoms with E-state index in [0.29, 0.717) is 17.1 Å². The number of amides is 1. The Morgan fingerprint density at radius 3 is 2.69 bits per heavy atom. The Balaban J connectivity index is 1.58. The van der Waals surface area contributed by atoms with Crippen molar-refractivity contribution in [3.8, 4) is 0 Å². The summed E-state index contributed by atoms with van der Waals surface area (Å²) in [7, 11) is -3.53. The molecule has 26 heavy (non-hydrogen) atoms. The summed E-state index contributed by atoms with van der Waals surface area (Å²) in [5.74, 6) is -0.231. The minimum Gasteiger partial charge on any atom is -0.347 e. The third kappa shape index (κ3) is 5.05. The van der Waals surface area contributed by atoms with E-state index in [-0.39, 0.29) is 22.7 Å². The fourth-order valence-corrected chi connectivity index (χ4v) is 5.41. The van der Waals surface area contributed by atoms with Crippen LogP contribution in [0.15, 0.2) is 40.6 Å². The van der Waals surface area contributed by atoms with Gasteiger partial charge in [-0.05, 0) is 55.8 Å². The average molecular weight is 414 g/mol. The van der Waals surface area contributed by atoms with Gasteiger partial charge in [-0.25, -0.2) is 13.1 Å². The Morgan fingerprint density at radius 2 is 2.00 bits per heavy atom. The Bertz CT molecular complexity index is 860. The van der Waals surface area contributed by atoms with E-state index in [2.05, 4.69) is 15.4 Å². The summed E-state index contributed by atoms with van der Waals surface area (Å²) in [5.41, 5.74) is 0.505. The van der Waals surface area contributed by atoms with Crippen molar-refractivity contribution in [2.24, 2.45) is 0 Å². The molecule has 0 bridgehead atoms. The van der Waals surface area contributed by atoms with E-state index < -0.39 is 10.0 Å². The summed E-state index contributed by atoms with van der Waals surface area (Å²) in [6, 6.07) is 9.81. The number of carbonyl (C=O) groups is 1.